The summed E-state index contributed by atoms with van der Waals surface area (Å²) >= 11 is 0. The van der Waals surface area contributed by atoms with Gasteiger partial charge in [0.05, 0.1) is 24.6 Å². The van der Waals surface area contributed by atoms with Crippen LogP contribution in [0, 0.1) is 0 Å². The third-order valence-corrected chi connectivity index (χ3v) is 4.03. The Kier molecular flexibility index (Phi) is 4.32. The van der Waals surface area contributed by atoms with Gasteiger partial charge in [-0.2, -0.15) is 0 Å². The van der Waals surface area contributed by atoms with Crippen LogP contribution in [0.5, 0.6) is 17.4 Å². The van der Waals surface area contributed by atoms with Crippen LogP contribution in [0.4, 0.5) is 0 Å². The SMILES string of the molecule is COc1cc2c(Oc3ccc(CS(N)(=O)=O)cc3)ccnc2cn1. The van der Waals surface area contributed by atoms with E-state index in [-0.39, 0.29) is 5.75 Å². The quantitative estimate of drug-likeness (QED) is 0.760. The van der Waals surface area contributed by atoms with Crippen LogP contribution in [-0.4, -0.2) is 25.5 Å². The molecule has 2 aromatic heterocycles. The van der Waals surface area contributed by atoms with Gasteiger partial charge >= 0.3 is 0 Å². The molecular formula is C16H15N3O4S. The molecule has 1 aromatic carbocycles. The molecule has 0 aliphatic heterocycles. The summed E-state index contributed by atoms with van der Waals surface area (Å²) in [5.41, 5.74) is 1.27. The smallest absolute Gasteiger partial charge is 0.213 e. The first-order chi connectivity index (χ1) is 11.4. The highest BCUT2D eigenvalue weighted by Gasteiger charge is 2.08. The molecule has 0 bridgehead atoms. The third kappa shape index (κ3) is 3.79. The van der Waals surface area contributed by atoms with Crippen molar-refractivity contribution in [2.75, 3.05) is 7.11 Å². The molecule has 0 saturated carbocycles. The highest BCUT2D eigenvalue weighted by Crippen LogP contribution is 2.30. The fourth-order valence-electron chi connectivity index (χ4n) is 2.22. The minimum Gasteiger partial charge on any atom is -0.481 e. The Morgan fingerprint density at radius 1 is 1.12 bits per heavy atom. The van der Waals surface area contributed by atoms with Crippen LogP contribution in [0.25, 0.3) is 10.9 Å². The second-order valence-corrected chi connectivity index (χ2v) is 6.72. The number of rotatable bonds is 5. The molecule has 0 radical (unpaired) electrons. The van der Waals surface area contributed by atoms with Gasteiger partial charge in [0.2, 0.25) is 15.9 Å². The topological polar surface area (TPSA) is 104 Å². The van der Waals surface area contributed by atoms with Gasteiger partial charge in [0.1, 0.15) is 11.5 Å². The molecule has 24 heavy (non-hydrogen) atoms. The van der Waals surface area contributed by atoms with E-state index in [1.54, 1.807) is 48.8 Å². The first-order valence-corrected chi connectivity index (χ1v) is 8.72. The van der Waals surface area contributed by atoms with E-state index < -0.39 is 10.0 Å². The van der Waals surface area contributed by atoms with Crippen molar-refractivity contribution in [2.24, 2.45) is 5.14 Å². The van der Waals surface area contributed by atoms with E-state index in [1.165, 1.54) is 7.11 Å². The maximum atomic E-state index is 11.1. The maximum absolute atomic E-state index is 11.1. The molecule has 0 aliphatic rings. The number of ether oxygens (including phenoxy) is 2. The number of hydrogen-bond acceptors (Lipinski definition) is 6. The molecule has 8 heteroatoms. The molecule has 124 valence electrons. The van der Waals surface area contributed by atoms with E-state index in [2.05, 4.69) is 9.97 Å². The number of benzene rings is 1. The van der Waals surface area contributed by atoms with Gasteiger partial charge in [-0.3, -0.25) is 4.98 Å². The zero-order valence-corrected chi connectivity index (χ0v) is 13.7. The average Bonchev–Trinajstić information content (AvgIpc) is 2.55. The molecule has 0 amide bonds. The predicted molar refractivity (Wildman–Crippen MR) is 89.4 cm³/mol. The molecular weight excluding hydrogens is 330 g/mol. The van der Waals surface area contributed by atoms with Crippen LogP contribution in [0.3, 0.4) is 0 Å². The molecule has 0 fully saturated rings. The molecule has 0 aliphatic carbocycles. The molecule has 3 aromatic rings. The van der Waals surface area contributed by atoms with Crippen molar-refractivity contribution in [3.05, 3.63) is 54.4 Å². The lowest BCUT2D eigenvalue weighted by atomic mass is 10.2. The van der Waals surface area contributed by atoms with Gasteiger partial charge in [-0.15, -0.1) is 0 Å². The van der Waals surface area contributed by atoms with Crippen molar-refractivity contribution >= 4 is 20.9 Å². The van der Waals surface area contributed by atoms with E-state index in [0.29, 0.717) is 28.5 Å². The van der Waals surface area contributed by atoms with E-state index in [0.717, 1.165) is 5.39 Å². The Balaban J connectivity index is 1.89. The largest absolute Gasteiger partial charge is 0.481 e. The molecule has 7 nitrogen and oxygen atoms in total. The summed E-state index contributed by atoms with van der Waals surface area (Å²) in [5, 5.41) is 5.80. The van der Waals surface area contributed by atoms with Gasteiger partial charge in [-0.1, -0.05) is 12.1 Å². The van der Waals surface area contributed by atoms with Gasteiger partial charge in [-0.25, -0.2) is 18.5 Å². The van der Waals surface area contributed by atoms with E-state index >= 15 is 0 Å². The van der Waals surface area contributed by atoms with Crippen molar-refractivity contribution in [3.63, 3.8) is 0 Å². The highest BCUT2D eigenvalue weighted by molar-refractivity contribution is 7.88. The summed E-state index contributed by atoms with van der Waals surface area (Å²) < 4.78 is 33.2. The zero-order valence-electron chi connectivity index (χ0n) is 12.8. The summed E-state index contributed by atoms with van der Waals surface area (Å²) in [6.07, 6.45) is 3.23. The fourth-order valence-corrected chi connectivity index (χ4v) is 2.87. The normalized spacial score (nSPS) is 11.4. The second kappa shape index (κ2) is 6.42. The van der Waals surface area contributed by atoms with Crippen LogP contribution < -0.4 is 14.6 Å². The van der Waals surface area contributed by atoms with E-state index in [9.17, 15) is 8.42 Å². The summed E-state index contributed by atoms with van der Waals surface area (Å²) in [5.74, 6) is 1.41. The second-order valence-electron chi connectivity index (χ2n) is 5.11. The Morgan fingerprint density at radius 3 is 2.54 bits per heavy atom. The Labute approximate surface area is 139 Å². The van der Waals surface area contributed by atoms with Crippen LogP contribution >= 0.6 is 0 Å². The summed E-state index contributed by atoms with van der Waals surface area (Å²) in [6.45, 7) is 0. The number of pyridine rings is 2. The lowest BCUT2D eigenvalue weighted by Crippen LogP contribution is -2.14. The predicted octanol–water partition coefficient (Wildman–Crippen LogP) is 2.22. The number of nitrogens with two attached hydrogens (primary N) is 1. The summed E-state index contributed by atoms with van der Waals surface area (Å²) in [6, 6.07) is 10.2. The molecule has 2 heterocycles. The van der Waals surface area contributed by atoms with Crippen LogP contribution in [-0.2, 0) is 15.8 Å². The standard InChI is InChI=1S/C16H15N3O4S/c1-22-16-8-13-14(9-19-16)18-7-6-15(13)23-12-4-2-11(3-5-12)10-24(17,20)21/h2-9H,10H2,1H3,(H2,17,20,21). The lowest BCUT2D eigenvalue weighted by molar-refractivity contribution is 0.398. The first kappa shape index (κ1) is 16.2. The van der Waals surface area contributed by atoms with Crippen molar-refractivity contribution in [1.82, 2.24) is 9.97 Å². The molecule has 0 atom stereocenters. The molecule has 3 rings (SSSR count). The molecule has 0 saturated heterocycles. The van der Waals surface area contributed by atoms with Crippen molar-refractivity contribution in [1.29, 1.82) is 0 Å². The number of hydrogen-bond donors (Lipinski definition) is 1. The average molecular weight is 345 g/mol. The first-order valence-electron chi connectivity index (χ1n) is 7.00. The lowest BCUT2D eigenvalue weighted by Gasteiger charge is -2.10. The Bertz CT molecular complexity index is 972. The Hall–Kier alpha value is -2.71. The van der Waals surface area contributed by atoms with Crippen LogP contribution in [0.15, 0.2) is 48.8 Å². The number of fused-ring (bicyclic) bond motifs is 1. The van der Waals surface area contributed by atoms with Gasteiger partial charge in [0.15, 0.2) is 0 Å². The summed E-state index contributed by atoms with van der Waals surface area (Å²) in [4.78, 5) is 8.34. The number of sulfonamides is 1. The molecule has 2 N–H and O–H groups in total. The maximum Gasteiger partial charge on any atom is 0.213 e. The number of methoxy groups -OCH3 is 1. The fraction of sp³-hybridized carbons (Fsp3) is 0.125. The molecule has 0 unspecified atom stereocenters. The van der Waals surface area contributed by atoms with E-state index in [1.807, 2.05) is 0 Å². The minimum atomic E-state index is -3.56. The third-order valence-electron chi connectivity index (χ3n) is 3.29. The monoisotopic (exact) mass is 345 g/mol. The minimum absolute atomic E-state index is 0.214. The van der Waals surface area contributed by atoms with Gasteiger partial charge < -0.3 is 9.47 Å². The van der Waals surface area contributed by atoms with Gasteiger partial charge in [0, 0.05) is 17.6 Å². The number of primary sulfonamides is 1. The van der Waals surface area contributed by atoms with Crippen LogP contribution in [0.2, 0.25) is 0 Å². The molecule has 0 spiro atoms. The zero-order chi connectivity index (χ0) is 17.2. The van der Waals surface area contributed by atoms with Gasteiger partial charge in [0.25, 0.3) is 0 Å². The van der Waals surface area contributed by atoms with Crippen molar-refractivity contribution < 1.29 is 17.9 Å². The van der Waals surface area contributed by atoms with E-state index in [4.69, 9.17) is 14.6 Å². The number of aromatic nitrogens is 2. The summed E-state index contributed by atoms with van der Waals surface area (Å²) in [7, 11) is -2.02. The Morgan fingerprint density at radius 2 is 1.88 bits per heavy atom. The van der Waals surface area contributed by atoms with Crippen molar-refractivity contribution in [2.45, 2.75) is 5.75 Å². The van der Waals surface area contributed by atoms with Crippen LogP contribution in [0.1, 0.15) is 5.56 Å². The highest BCUT2D eigenvalue weighted by atomic mass is 32.2. The van der Waals surface area contributed by atoms with Gasteiger partial charge in [-0.05, 0) is 23.8 Å². The van der Waals surface area contributed by atoms with Crippen molar-refractivity contribution in [3.8, 4) is 17.4 Å². The number of nitrogens with zero attached hydrogens (tertiary/aromatic N) is 2.